The van der Waals surface area contributed by atoms with E-state index < -0.39 is 0 Å². The molecule has 0 heterocycles. The Morgan fingerprint density at radius 3 is 2.00 bits per heavy atom. The Labute approximate surface area is 63.8 Å². The number of hydrogen-bond donors (Lipinski definition) is 1. The van der Waals surface area contributed by atoms with Crippen molar-refractivity contribution in [3.05, 3.63) is 24.4 Å². The van der Waals surface area contributed by atoms with E-state index in [1.54, 1.807) is 0 Å². The van der Waals surface area contributed by atoms with Crippen molar-refractivity contribution < 1.29 is 0 Å². The Balaban J connectivity index is 4.36. The van der Waals surface area contributed by atoms with Crippen molar-refractivity contribution in [2.45, 2.75) is 20.8 Å². The van der Waals surface area contributed by atoms with E-state index in [-0.39, 0.29) is 5.41 Å². The van der Waals surface area contributed by atoms with Gasteiger partial charge in [0.1, 0.15) is 0 Å². The van der Waals surface area contributed by atoms with E-state index in [1.807, 2.05) is 19.3 Å². The Hall–Kier alpha value is -0.720. The zero-order valence-electron chi connectivity index (χ0n) is 7.36. The van der Waals surface area contributed by atoms with Gasteiger partial charge >= 0.3 is 0 Å². The third kappa shape index (κ3) is 2.72. The Bertz CT molecular complexity index is 137. The molecular weight excluding hydrogens is 122 g/mol. The van der Waals surface area contributed by atoms with Crippen molar-refractivity contribution in [2.75, 3.05) is 7.05 Å². The van der Waals surface area contributed by atoms with Crippen LogP contribution in [0.25, 0.3) is 0 Å². The summed E-state index contributed by atoms with van der Waals surface area (Å²) in [4.78, 5) is 0. The molecule has 0 amide bonds. The van der Waals surface area contributed by atoms with Crippen molar-refractivity contribution in [1.82, 2.24) is 5.32 Å². The van der Waals surface area contributed by atoms with E-state index in [0.29, 0.717) is 0 Å². The molecule has 0 unspecified atom stereocenters. The monoisotopic (exact) mass is 139 g/mol. The molecule has 0 aromatic carbocycles. The van der Waals surface area contributed by atoms with Crippen molar-refractivity contribution >= 4 is 0 Å². The minimum Gasteiger partial charge on any atom is -0.394 e. The second-order valence-corrected chi connectivity index (χ2v) is 3.34. The molecule has 0 rings (SSSR count). The van der Waals surface area contributed by atoms with Crippen LogP contribution in [0.4, 0.5) is 0 Å². The fourth-order valence-corrected chi connectivity index (χ4v) is 0.737. The third-order valence-electron chi connectivity index (χ3n) is 1.39. The fourth-order valence-electron chi connectivity index (χ4n) is 0.737. The van der Waals surface area contributed by atoms with E-state index in [0.717, 1.165) is 0 Å². The second kappa shape index (κ2) is 3.45. The molecule has 0 aliphatic rings. The lowest BCUT2D eigenvalue weighted by Crippen LogP contribution is -2.10. The van der Waals surface area contributed by atoms with Gasteiger partial charge in [-0.1, -0.05) is 33.4 Å². The van der Waals surface area contributed by atoms with Crippen LogP contribution in [0.2, 0.25) is 0 Å². The maximum Gasteiger partial charge on any atom is 0.00278 e. The van der Waals surface area contributed by atoms with Gasteiger partial charge in [0.05, 0.1) is 0 Å². The van der Waals surface area contributed by atoms with Crippen molar-refractivity contribution in [1.29, 1.82) is 0 Å². The van der Waals surface area contributed by atoms with Gasteiger partial charge in [-0.15, -0.1) is 0 Å². The second-order valence-electron chi connectivity index (χ2n) is 3.34. The molecule has 0 bridgehead atoms. The van der Waals surface area contributed by atoms with E-state index in [4.69, 9.17) is 0 Å². The normalized spacial score (nSPS) is 13.0. The van der Waals surface area contributed by atoms with Crippen LogP contribution in [0.5, 0.6) is 0 Å². The minimum atomic E-state index is 0.199. The van der Waals surface area contributed by atoms with E-state index >= 15 is 0 Å². The molecule has 0 saturated carbocycles. The first-order chi connectivity index (χ1) is 4.52. The summed E-state index contributed by atoms with van der Waals surface area (Å²) in [5, 5.41) is 2.99. The van der Waals surface area contributed by atoms with Crippen molar-refractivity contribution in [3.8, 4) is 0 Å². The molecule has 0 fully saturated rings. The van der Waals surface area contributed by atoms with Crippen LogP contribution in [0.3, 0.4) is 0 Å². The van der Waals surface area contributed by atoms with Gasteiger partial charge in [-0.3, -0.25) is 0 Å². The van der Waals surface area contributed by atoms with Gasteiger partial charge < -0.3 is 5.32 Å². The van der Waals surface area contributed by atoms with Gasteiger partial charge in [0.2, 0.25) is 0 Å². The molecule has 0 aliphatic carbocycles. The summed E-state index contributed by atoms with van der Waals surface area (Å²) in [6.07, 6.45) is 3.86. The van der Waals surface area contributed by atoms with Crippen LogP contribution in [0.15, 0.2) is 24.4 Å². The summed E-state index contributed by atoms with van der Waals surface area (Å²) in [6.45, 7) is 10.2. The molecule has 0 atom stereocenters. The largest absolute Gasteiger partial charge is 0.394 e. The lowest BCUT2D eigenvalue weighted by molar-refractivity contribution is 0.514. The van der Waals surface area contributed by atoms with Crippen LogP contribution in [0.1, 0.15) is 20.8 Å². The van der Waals surface area contributed by atoms with Gasteiger partial charge in [0.15, 0.2) is 0 Å². The molecule has 1 heteroatoms. The molecule has 0 spiro atoms. The van der Waals surface area contributed by atoms with Crippen molar-refractivity contribution in [3.63, 3.8) is 0 Å². The molecule has 0 aromatic rings. The summed E-state index contributed by atoms with van der Waals surface area (Å²) in [5.74, 6) is 0. The van der Waals surface area contributed by atoms with Gasteiger partial charge in [0, 0.05) is 7.05 Å². The third-order valence-corrected chi connectivity index (χ3v) is 1.39. The predicted molar refractivity (Wildman–Crippen MR) is 46.8 cm³/mol. The molecule has 0 saturated heterocycles. The molecule has 1 nitrogen and oxygen atoms in total. The zero-order valence-corrected chi connectivity index (χ0v) is 7.36. The maximum absolute atomic E-state index is 3.74. The highest BCUT2D eigenvalue weighted by Crippen LogP contribution is 2.24. The standard InChI is InChI=1S/C9H17N/c1-6-8(7-10-5)9(2,3)4/h6-7,10H,1H2,2-5H3/b8-7+. The highest BCUT2D eigenvalue weighted by Gasteiger charge is 2.12. The summed E-state index contributed by atoms with van der Waals surface area (Å²) >= 11 is 0. The van der Waals surface area contributed by atoms with E-state index in [1.165, 1.54) is 5.57 Å². The lowest BCUT2D eigenvalue weighted by atomic mass is 9.87. The van der Waals surface area contributed by atoms with Crippen LogP contribution in [0, 0.1) is 5.41 Å². The highest BCUT2D eigenvalue weighted by molar-refractivity contribution is 5.21. The van der Waals surface area contributed by atoms with Crippen LogP contribution in [-0.4, -0.2) is 7.05 Å². The fraction of sp³-hybridized carbons (Fsp3) is 0.556. The zero-order chi connectivity index (χ0) is 8.20. The van der Waals surface area contributed by atoms with Gasteiger partial charge in [0.25, 0.3) is 0 Å². The first-order valence-electron chi connectivity index (χ1n) is 3.52. The highest BCUT2D eigenvalue weighted by atomic mass is 14.8. The summed E-state index contributed by atoms with van der Waals surface area (Å²) in [5.41, 5.74) is 1.43. The molecule has 10 heavy (non-hydrogen) atoms. The summed E-state index contributed by atoms with van der Waals surface area (Å²) in [6, 6.07) is 0. The Morgan fingerprint density at radius 2 is 1.90 bits per heavy atom. The molecule has 58 valence electrons. The summed E-state index contributed by atoms with van der Waals surface area (Å²) in [7, 11) is 1.90. The Kier molecular flexibility index (Phi) is 3.20. The average molecular weight is 139 g/mol. The molecule has 1 N–H and O–H groups in total. The minimum absolute atomic E-state index is 0.199. The van der Waals surface area contributed by atoms with Crippen molar-refractivity contribution in [2.24, 2.45) is 5.41 Å². The number of nitrogens with one attached hydrogen (secondary N) is 1. The van der Waals surface area contributed by atoms with Gasteiger partial charge in [-0.05, 0) is 17.2 Å². The van der Waals surface area contributed by atoms with Gasteiger partial charge in [-0.25, -0.2) is 0 Å². The lowest BCUT2D eigenvalue weighted by Gasteiger charge is -2.19. The first-order valence-corrected chi connectivity index (χ1v) is 3.52. The van der Waals surface area contributed by atoms with Crippen LogP contribution < -0.4 is 5.32 Å². The Morgan fingerprint density at radius 1 is 1.40 bits per heavy atom. The predicted octanol–water partition coefficient (Wildman–Crippen LogP) is 2.32. The SMILES string of the molecule is C=C/C(=C\NC)C(C)(C)C. The topological polar surface area (TPSA) is 12.0 Å². The molecule has 0 aliphatic heterocycles. The van der Waals surface area contributed by atoms with E-state index in [9.17, 15) is 0 Å². The molecule has 0 radical (unpaired) electrons. The number of rotatable bonds is 2. The molecule has 0 aromatic heterocycles. The maximum atomic E-state index is 3.74. The average Bonchev–Trinajstić information content (AvgIpc) is 1.80. The quantitative estimate of drug-likeness (QED) is 0.579. The van der Waals surface area contributed by atoms with Crippen LogP contribution >= 0.6 is 0 Å². The van der Waals surface area contributed by atoms with E-state index in [2.05, 4.69) is 32.7 Å². The molecular formula is C9H17N. The number of allylic oxidation sites excluding steroid dienone is 2. The summed E-state index contributed by atoms with van der Waals surface area (Å²) < 4.78 is 0. The number of hydrogen-bond acceptors (Lipinski definition) is 1. The van der Waals surface area contributed by atoms with Gasteiger partial charge in [-0.2, -0.15) is 0 Å². The first kappa shape index (κ1) is 9.28. The smallest absolute Gasteiger partial charge is 0.00278 e. The van der Waals surface area contributed by atoms with Crippen LogP contribution in [-0.2, 0) is 0 Å².